The number of nitrogens with zero attached hydrogens (tertiary/aromatic N) is 1. The number of aromatic hydroxyl groups is 1. The summed E-state index contributed by atoms with van der Waals surface area (Å²) in [5, 5.41) is 21.4. The predicted molar refractivity (Wildman–Crippen MR) is 79.9 cm³/mol. The number of benzene rings is 2. The summed E-state index contributed by atoms with van der Waals surface area (Å²) >= 11 is 0. The summed E-state index contributed by atoms with van der Waals surface area (Å²) in [6.07, 6.45) is 0. The van der Waals surface area contributed by atoms with Crippen molar-refractivity contribution in [3.63, 3.8) is 0 Å². The Morgan fingerprint density at radius 1 is 1.24 bits per heavy atom. The van der Waals surface area contributed by atoms with E-state index in [1.807, 2.05) is 13.8 Å². The fourth-order valence-electron chi connectivity index (χ4n) is 2.04. The van der Waals surface area contributed by atoms with E-state index in [1.54, 1.807) is 42.5 Å². The third kappa shape index (κ3) is 3.40. The second-order valence-electron chi connectivity index (χ2n) is 4.95. The molecule has 2 aromatic rings. The fourth-order valence-corrected chi connectivity index (χ4v) is 2.04. The summed E-state index contributed by atoms with van der Waals surface area (Å²) in [7, 11) is 0. The lowest BCUT2D eigenvalue weighted by Gasteiger charge is -2.15. The number of amides is 1. The zero-order valence-electron chi connectivity index (χ0n) is 11.9. The van der Waals surface area contributed by atoms with Gasteiger partial charge in [-0.3, -0.25) is 4.79 Å². The van der Waals surface area contributed by atoms with Crippen LogP contribution in [-0.4, -0.2) is 11.0 Å². The van der Waals surface area contributed by atoms with E-state index < -0.39 is 0 Å². The van der Waals surface area contributed by atoms with Crippen LogP contribution in [0.25, 0.3) is 0 Å². The van der Waals surface area contributed by atoms with Crippen LogP contribution in [0.5, 0.6) is 5.75 Å². The van der Waals surface area contributed by atoms with Gasteiger partial charge in [0.2, 0.25) is 0 Å². The standard InChI is InChI=1S/C17H16N2O2/c1-11-3-8-15(16(20)9-11)17(21)19-12(2)14-6-4-13(10-18)5-7-14/h3-9,12,20H,1-2H3,(H,19,21). The molecule has 1 atom stereocenters. The van der Waals surface area contributed by atoms with Gasteiger partial charge < -0.3 is 10.4 Å². The molecule has 2 rings (SSSR count). The molecule has 0 aliphatic heterocycles. The van der Waals surface area contributed by atoms with Crippen molar-refractivity contribution in [3.8, 4) is 11.8 Å². The molecule has 21 heavy (non-hydrogen) atoms. The molecule has 106 valence electrons. The Kier molecular flexibility index (Phi) is 4.24. The molecule has 0 saturated heterocycles. The second kappa shape index (κ2) is 6.10. The number of hydrogen-bond donors (Lipinski definition) is 2. The minimum atomic E-state index is -0.329. The number of nitriles is 1. The van der Waals surface area contributed by atoms with Crippen LogP contribution < -0.4 is 5.32 Å². The molecule has 1 unspecified atom stereocenters. The quantitative estimate of drug-likeness (QED) is 0.907. The molecule has 0 saturated carbocycles. The normalized spacial score (nSPS) is 11.5. The van der Waals surface area contributed by atoms with Gasteiger partial charge >= 0.3 is 0 Å². The van der Waals surface area contributed by atoms with Gasteiger partial charge in [0, 0.05) is 0 Å². The van der Waals surface area contributed by atoms with E-state index in [0.717, 1.165) is 11.1 Å². The zero-order valence-corrected chi connectivity index (χ0v) is 11.9. The number of rotatable bonds is 3. The van der Waals surface area contributed by atoms with Crippen molar-refractivity contribution in [3.05, 3.63) is 64.7 Å². The number of carbonyl (C=O) groups excluding carboxylic acids is 1. The van der Waals surface area contributed by atoms with Crippen LogP contribution in [0.2, 0.25) is 0 Å². The van der Waals surface area contributed by atoms with E-state index in [4.69, 9.17) is 5.26 Å². The van der Waals surface area contributed by atoms with Gasteiger partial charge in [0.25, 0.3) is 5.91 Å². The van der Waals surface area contributed by atoms with Crippen LogP contribution in [0.4, 0.5) is 0 Å². The third-order valence-corrected chi connectivity index (χ3v) is 3.29. The molecule has 0 aromatic heterocycles. The highest BCUT2D eigenvalue weighted by Gasteiger charge is 2.14. The highest BCUT2D eigenvalue weighted by Crippen LogP contribution is 2.20. The topological polar surface area (TPSA) is 73.1 Å². The minimum absolute atomic E-state index is 0.0282. The van der Waals surface area contributed by atoms with Gasteiger partial charge in [-0.2, -0.15) is 5.26 Å². The number of aryl methyl sites for hydroxylation is 1. The molecule has 1 amide bonds. The monoisotopic (exact) mass is 280 g/mol. The third-order valence-electron chi connectivity index (χ3n) is 3.29. The molecule has 0 spiro atoms. The van der Waals surface area contributed by atoms with E-state index in [-0.39, 0.29) is 23.3 Å². The number of hydrogen-bond acceptors (Lipinski definition) is 3. The summed E-state index contributed by atoms with van der Waals surface area (Å²) in [5.74, 6) is -0.358. The van der Waals surface area contributed by atoms with Crippen LogP contribution >= 0.6 is 0 Å². The van der Waals surface area contributed by atoms with Crippen LogP contribution in [0, 0.1) is 18.3 Å². The Bertz CT molecular complexity index is 700. The van der Waals surface area contributed by atoms with Gasteiger partial charge in [-0.05, 0) is 49.2 Å². The lowest BCUT2D eigenvalue weighted by Crippen LogP contribution is -2.26. The summed E-state index contributed by atoms with van der Waals surface area (Å²) < 4.78 is 0. The van der Waals surface area contributed by atoms with Crippen LogP contribution in [0.1, 0.15) is 40.0 Å². The highest BCUT2D eigenvalue weighted by atomic mass is 16.3. The smallest absolute Gasteiger partial charge is 0.255 e. The minimum Gasteiger partial charge on any atom is -0.507 e. The van der Waals surface area contributed by atoms with Gasteiger partial charge in [-0.15, -0.1) is 0 Å². The molecule has 0 heterocycles. The van der Waals surface area contributed by atoms with Crippen molar-refractivity contribution in [2.24, 2.45) is 0 Å². The lowest BCUT2D eigenvalue weighted by atomic mass is 10.1. The highest BCUT2D eigenvalue weighted by molar-refractivity contribution is 5.97. The van der Waals surface area contributed by atoms with Crippen molar-refractivity contribution in [1.82, 2.24) is 5.32 Å². The van der Waals surface area contributed by atoms with E-state index in [1.165, 1.54) is 0 Å². The maximum Gasteiger partial charge on any atom is 0.255 e. The number of phenols is 1. The molecular formula is C17H16N2O2. The van der Waals surface area contributed by atoms with E-state index in [2.05, 4.69) is 11.4 Å². The molecule has 0 aliphatic rings. The number of phenolic OH excluding ortho intramolecular Hbond substituents is 1. The molecule has 2 aromatic carbocycles. The summed E-state index contributed by atoms with van der Waals surface area (Å²) in [5.41, 5.74) is 2.62. The second-order valence-corrected chi connectivity index (χ2v) is 4.95. The van der Waals surface area contributed by atoms with E-state index >= 15 is 0 Å². The largest absolute Gasteiger partial charge is 0.507 e. The molecule has 2 N–H and O–H groups in total. The van der Waals surface area contributed by atoms with E-state index in [9.17, 15) is 9.90 Å². The average molecular weight is 280 g/mol. The Morgan fingerprint density at radius 2 is 1.90 bits per heavy atom. The Morgan fingerprint density at radius 3 is 2.48 bits per heavy atom. The fraction of sp³-hybridized carbons (Fsp3) is 0.176. The SMILES string of the molecule is Cc1ccc(C(=O)NC(C)c2ccc(C#N)cc2)c(O)c1. The predicted octanol–water partition coefficient (Wildman–Crippen LogP) is 3.06. The zero-order chi connectivity index (χ0) is 15.4. The first-order chi connectivity index (χ1) is 10.0. The summed E-state index contributed by atoms with van der Waals surface area (Å²) in [6, 6.07) is 13.8. The summed E-state index contributed by atoms with van der Waals surface area (Å²) in [6.45, 7) is 3.70. The maximum absolute atomic E-state index is 12.2. The van der Waals surface area contributed by atoms with Crippen LogP contribution in [0.15, 0.2) is 42.5 Å². The first-order valence-corrected chi connectivity index (χ1v) is 6.62. The molecule has 0 aliphatic carbocycles. The molecule has 0 radical (unpaired) electrons. The van der Waals surface area contributed by atoms with E-state index in [0.29, 0.717) is 5.56 Å². The van der Waals surface area contributed by atoms with Crippen molar-refractivity contribution >= 4 is 5.91 Å². The van der Waals surface area contributed by atoms with Gasteiger partial charge in [0.1, 0.15) is 5.75 Å². The number of nitrogens with one attached hydrogen (secondary N) is 1. The summed E-state index contributed by atoms with van der Waals surface area (Å²) in [4.78, 5) is 12.2. The van der Waals surface area contributed by atoms with Gasteiger partial charge in [-0.1, -0.05) is 18.2 Å². The van der Waals surface area contributed by atoms with Gasteiger partial charge in [0.05, 0.1) is 23.2 Å². The van der Waals surface area contributed by atoms with Crippen LogP contribution in [0.3, 0.4) is 0 Å². The van der Waals surface area contributed by atoms with Gasteiger partial charge in [0.15, 0.2) is 0 Å². The lowest BCUT2D eigenvalue weighted by molar-refractivity contribution is 0.0937. The molecule has 0 bridgehead atoms. The van der Waals surface area contributed by atoms with Crippen molar-refractivity contribution < 1.29 is 9.90 Å². The first kappa shape index (κ1) is 14.6. The maximum atomic E-state index is 12.2. The van der Waals surface area contributed by atoms with Crippen molar-refractivity contribution in [2.75, 3.05) is 0 Å². The first-order valence-electron chi connectivity index (χ1n) is 6.62. The number of carbonyl (C=O) groups is 1. The average Bonchev–Trinajstić information content (AvgIpc) is 2.47. The van der Waals surface area contributed by atoms with Crippen molar-refractivity contribution in [1.29, 1.82) is 5.26 Å². The Balaban J connectivity index is 2.13. The Labute approximate surface area is 123 Å². The van der Waals surface area contributed by atoms with Crippen LogP contribution in [-0.2, 0) is 0 Å². The van der Waals surface area contributed by atoms with Crippen molar-refractivity contribution in [2.45, 2.75) is 19.9 Å². The van der Waals surface area contributed by atoms with Gasteiger partial charge in [-0.25, -0.2) is 0 Å². The Hall–Kier alpha value is -2.80. The molecule has 4 nitrogen and oxygen atoms in total. The molecule has 4 heteroatoms. The molecular weight excluding hydrogens is 264 g/mol. The molecule has 0 fully saturated rings.